The molecule has 4 nitrogen and oxygen atoms in total. The molecule has 0 fully saturated rings. The Morgan fingerprint density at radius 1 is 1.29 bits per heavy atom. The predicted molar refractivity (Wildman–Crippen MR) is 66.6 cm³/mol. The average Bonchev–Trinajstić information content (AvgIpc) is 2.40. The molecule has 0 aliphatic heterocycles. The minimum atomic E-state index is 0.213. The van der Waals surface area contributed by atoms with Crippen LogP contribution in [0.2, 0.25) is 0 Å². The van der Waals surface area contributed by atoms with Crippen LogP contribution in [0.5, 0.6) is 0 Å². The molecule has 2 heterocycles. The molecular weight excluding hydrogens is 332 g/mol. The second-order valence-corrected chi connectivity index (χ2v) is 5.51. The molecule has 0 saturated heterocycles. The number of nitrogens with two attached hydrogens (primary N) is 2. The van der Waals surface area contributed by atoms with Crippen LogP contribution in [0.4, 0.5) is 11.8 Å². The summed E-state index contributed by atoms with van der Waals surface area (Å²) in [6.07, 6.45) is 0. The Kier molecular flexibility index (Phi) is 2.63. The fourth-order valence-electron chi connectivity index (χ4n) is 1.20. The summed E-state index contributed by atoms with van der Waals surface area (Å²) in [5, 5.41) is 1.60. The molecule has 2 rings (SSSR count). The third-order valence-corrected chi connectivity index (χ3v) is 4.22. The number of hydrogen-bond acceptors (Lipinski definition) is 5. The summed E-state index contributed by atoms with van der Waals surface area (Å²) in [5.74, 6) is 0.647. The van der Waals surface area contributed by atoms with E-state index in [4.69, 9.17) is 11.5 Å². The topological polar surface area (TPSA) is 77.8 Å². The van der Waals surface area contributed by atoms with Gasteiger partial charge < -0.3 is 11.5 Å². The number of hydrogen-bond donors (Lipinski definition) is 2. The van der Waals surface area contributed by atoms with Crippen LogP contribution in [0.3, 0.4) is 0 Å². The number of alkyl halides is 1. The molecule has 2 aromatic rings. The first-order valence-electron chi connectivity index (χ1n) is 3.69. The third-order valence-electron chi connectivity index (χ3n) is 1.78. The number of nitrogen functional groups attached to an aromatic ring is 2. The van der Waals surface area contributed by atoms with Crippen LogP contribution in [-0.2, 0) is 5.33 Å². The molecule has 7 heteroatoms. The smallest absolute Gasteiger partial charge is 0.223 e. The lowest BCUT2D eigenvalue weighted by Gasteiger charge is -1.99. The van der Waals surface area contributed by atoms with Crippen LogP contribution in [0, 0.1) is 0 Å². The molecule has 0 radical (unpaired) electrons. The average molecular weight is 338 g/mol. The van der Waals surface area contributed by atoms with Gasteiger partial charge in [-0.25, -0.2) is 4.98 Å². The van der Waals surface area contributed by atoms with E-state index in [1.165, 1.54) is 11.3 Å². The van der Waals surface area contributed by atoms with E-state index in [0.29, 0.717) is 11.1 Å². The van der Waals surface area contributed by atoms with Crippen LogP contribution in [0.1, 0.15) is 5.56 Å². The van der Waals surface area contributed by atoms with E-state index in [9.17, 15) is 0 Å². The largest absolute Gasteiger partial charge is 0.383 e. The molecule has 0 aliphatic carbocycles. The Morgan fingerprint density at radius 3 is 2.64 bits per heavy atom. The summed E-state index contributed by atoms with van der Waals surface area (Å²) in [5.41, 5.74) is 12.4. The molecule has 0 amide bonds. The first kappa shape index (κ1) is 10.1. The summed E-state index contributed by atoms with van der Waals surface area (Å²) < 4.78 is 1.01. The van der Waals surface area contributed by atoms with Gasteiger partial charge in [-0.05, 0) is 15.9 Å². The molecule has 0 bridgehead atoms. The van der Waals surface area contributed by atoms with Crippen LogP contribution in [-0.4, -0.2) is 9.97 Å². The monoisotopic (exact) mass is 336 g/mol. The van der Waals surface area contributed by atoms with Gasteiger partial charge in [0.05, 0.1) is 9.17 Å². The van der Waals surface area contributed by atoms with Crippen molar-refractivity contribution < 1.29 is 0 Å². The number of aromatic nitrogens is 2. The van der Waals surface area contributed by atoms with E-state index in [-0.39, 0.29) is 5.95 Å². The van der Waals surface area contributed by atoms with Crippen molar-refractivity contribution in [3.05, 3.63) is 9.35 Å². The van der Waals surface area contributed by atoms with Gasteiger partial charge in [0.15, 0.2) is 0 Å². The van der Waals surface area contributed by atoms with Gasteiger partial charge in [-0.15, -0.1) is 11.3 Å². The van der Waals surface area contributed by atoms with Crippen LogP contribution >= 0.6 is 43.2 Å². The van der Waals surface area contributed by atoms with E-state index >= 15 is 0 Å². The summed E-state index contributed by atoms with van der Waals surface area (Å²) >= 11 is 8.36. The van der Waals surface area contributed by atoms with E-state index in [2.05, 4.69) is 41.8 Å². The molecule has 0 saturated carbocycles. The van der Waals surface area contributed by atoms with E-state index in [1.54, 1.807) is 0 Å². The zero-order valence-electron chi connectivity index (χ0n) is 6.92. The van der Waals surface area contributed by atoms with Crippen molar-refractivity contribution in [2.75, 3.05) is 11.5 Å². The molecule has 4 N–H and O–H groups in total. The van der Waals surface area contributed by atoms with Crippen molar-refractivity contribution in [1.29, 1.82) is 0 Å². The van der Waals surface area contributed by atoms with Gasteiger partial charge in [0.25, 0.3) is 0 Å². The molecule has 0 atom stereocenters. The van der Waals surface area contributed by atoms with Crippen molar-refractivity contribution in [1.82, 2.24) is 9.97 Å². The Labute approximate surface area is 101 Å². The maximum atomic E-state index is 5.78. The van der Waals surface area contributed by atoms with Crippen molar-refractivity contribution in [2.45, 2.75) is 5.33 Å². The number of fused-ring (bicyclic) bond motifs is 1. The van der Waals surface area contributed by atoms with Gasteiger partial charge in [-0.3, -0.25) is 0 Å². The van der Waals surface area contributed by atoms with Gasteiger partial charge >= 0.3 is 0 Å². The lowest BCUT2D eigenvalue weighted by Crippen LogP contribution is -1.99. The minimum absolute atomic E-state index is 0.213. The maximum absolute atomic E-state index is 5.78. The first-order chi connectivity index (χ1) is 6.63. The van der Waals surface area contributed by atoms with Gasteiger partial charge in [0.1, 0.15) is 10.6 Å². The van der Waals surface area contributed by atoms with Crippen molar-refractivity contribution >= 4 is 65.2 Å². The normalized spacial score (nSPS) is 11.0. The summed E-state index contributed by atoms with van der Waals surface area (Å²) in [7, 11) is 0. The first-order valence-corrected chi connectivity index (χ1v) is 6.42. The van der Waals surface area contributed by atoms with Crippen LogP contribution < -0.4 is 11.5 Å². The number of anilines is 2. The zero-order valence-corrected chi connectivity index (χ0v) is 10.9. The van der Waals surface area contributed by atoms with Crippen LogP contribution in [0.15, 0.2) is 3.79 Å². The molecule has 2 aromatic heterocycles. The lowest BCUT2D eigenvalue weighted by atomic mass is 10.2. The third kappa shape index (κ3) is 1.49. The van der Waals surface area contributed by atoms with Gasteiger partial charge in [0, 0.05) is 10.9 Å². The summed E-state index contributed by atoms with van der Waals surface area (Å²) in [4.78, 5) is 8.87. The molecule has 0 unspecified atom stereocenters. The van der Waals surface area contributed by atoms with Gasteiger partial charge in [0.2, 0.25) is 5.95 Å². The number of nitrogens with zero attached hydrogens (tertiary/aromatic N) is 2. The van der Waals surface area contributed by atoms with Crippen molar-refractivity contribution in [3.63, 3.8) is 0 Å². The molecular formula is C7H6Br2N4S. The standard InChI is InChI=1S/C7H6Br2N4S/c8-1-2-3-5(10)12-7(11)13-6(3)14-4(2)9/h1H2,(H4,10,11,12,13). The Morgan fingerprint density at radius 2 is 2.00 bits per heavy atom. The zero-order chi connectivity index (χ0) is 10.3. The highest BCUT2D eigenvalue weighted by Gasteiger charge is 2.14. The molecule has 14 heavy (non-hydrogen) atoms. The fourth-order valence-corrected chi connectivity index (χ4v) is 4.05. The van der Waals surface area contributed by atoms with Crippen molar-refractivity contribution in [2.24, 2.45) is 0 Å². The van der Waals surface area contributed by atoms with E-state index < -0.39 is 0 Å². The van der Waals surface area contributed by atoms with E-state index in [0.717, 1.165) is 19.6 Å². The summed E-state index contributed by atoms with van der Waals surface area (Å²) in [6.45, 7) is 0. The fraction of sp³-hybridized carbons (Fsp3) is 0.143. The number of rotatable bonds is 1. The Bertz CT molecular complexity index is 496. The Hall–Kier alpha value is -0.400. The molecule has 74 valence electrons. The molecule has 0 spiro atoms. The predicted octanol–water partition coefficient (Wildman–Crippen LogP) is 2.51. The molecule has 0 aromatic carbocycles. The van der Waals surface area contributed by atoms with Gasteiger partial charge in [-0.1, -0.05) is 15.9 Å². The highest BCUT2D eigenvalue weighted by molar-refractivity contribution is 9.11. The second-order valence-electron chi connectivity index (χ2n) is 2.64. The van der Waals surface area contributed by atoms with Gasteiger partial charge in [-0.2, -0.15) is 4.98 Å². The van der Waals surface area contributed by atoms with Crippen LogP contribution in [0.25, 0.3) is 10.2 Å². The van der Waals surface area contributed by atoms with Crippen molar-refractivity contribution in [3.8, 4) is 0 Å². The minimum Gasteiger partial charge on any atom is -0.383 e. The number of thiophene rings is 1. The maximum Gasteiger partial charge on any atom is 0.223 e. The molecule has 0 aliphatic rings. The second kappa shape index (κ2) is 3.63. The highest BCUT2D eigenvalue weighted by atomic mass is 79.9. The summed E-state index contributed by atoms with van der Waals surface area (Å²) in [6, 6.07) is 0. The Balaban J connectivity index is 2.88. The quantitative estimate of drug-likeness (QED) is 0.784. The SMILES string of the molecule is Nc1nc(N)c2c(CBr)c(Br)sc2n1. The highest BCUT2D eigenvalue weighted by Crippen LogP contribution is 2.38. The number of halogens is 2. The van der Waals surface area contributed by atoms with E-state index in [1.807, 2.05) is 0 Å². The lowest BCUT2D eigenvalue weighted by molar-refractivity contribution is 1.25.